The van der Waals surface area contributed by atoms with Crippen LogP contribution in [-0.4, -0.2) is 4.98 Å². The molecule has 0 radical (unpaired) electrons. The van der Waals surface area contributed by atoms with Gasteiger partial charge in [0, 0.05) is 22.8 Å². The summed E-state index contributed by atoms with van der Waals surface area (Å²) in [4.78, 5) is 4.29. The summed E-state index contributed by atoms with van der Waals surface area (Å²) in [6, 6.07) is 8.35. The van der Waals surface area contributed by atoms with E-state index in [0.29, 0.717) is 0 Å². The van der Waals surface area contributed by atoms with E-state index in [0.717, 1.165) is 11.3 Å². The first-order valence-corrected chi connectivity index (χ1v) is 5.13. The molecule has 78 valence electrons. The quantitative estimate of drug-likeness (QED) is 0.768. The number of nitrogens with zero attached hydrogens (tertiary/aromatic N) is 1. The highest BCUT2D eigenvalue weighted by molar-refractivity contribution is 5.85. The van der Waals surface area contributed by atoms with Crippen molar-refractivity contribution < 1.29 is 0 Å². The molecule has 0 aliphatic heterocycles. The van der Waals surface area contributed by atoms with Crippen LogP contribution in [0.1, 0.15) is 25.1 Å². The predicted octanol–water partition coefficient (Wildman–Crippen LogP) is 2.74. The van der Waals surface area contributed by atoms with E-state index in [9.17, 15) is 0 Å². The molecule has 0 atom stereocenters. The third-order valence-corrected chi connectivity index (χ3v) is 2.71. The predicted molar refractivity (Wildman–Crippen MR) is 63.7 cm³/mol. The molecule has 0 unspecified atom stereocenters. The summed E-state index contributed by atoms with van der Waals surface area (Å²) in [6.45, 7) is 6.05. The van der Waals surface area contributed by atoms with E-state index in [1.54, 1.807) is 0 Å². The molecule has 0 saturated carbocycles. The summed E-state index contributed by atoms with van der Waals surface area (Å²) in [6.07, 6.45) is 1.84. The molecule has 15 heavy (non-hydrogen) atoms. The fourth-order valence-electron chi connectivity index (χ4n) is 1.71. The minimum atomic E-state index is -0.295. The van der Waals surface area contributed by atoms with Crippen molar-refractivity contribution in [1.29, 1.82) is 0 Å². The fraction of sp³-hybridized carbons (Fsp3) is 0.308. The maximum atomic E-state index is 6.08. The zero-order chi connectivity index (χ0) is 11.1. The smallest absolute Gasteiger partial charge is 0.0451 e. The Morgan fingerprint density at radius 2 is 1.93 bits per heavy atom. The highest BCUT2D eigenvalue weighted by Gasteiger charge is 2.14. The van der Waals surface area contributed by atoms with Gasteiger partial charge in [-0.15, -0.1) is 0 Å². The van der Waals surface area contributed by atoms with Gasteiger partial charge in [-0.25, -0.2) is 0 Å². The normalized spacial score (nSPS) is 12.0. The van der Waals surface area contributed by atoms with E-state index in [1.165, 1.54) is 10.8 Å². The number of benzene rings is 1. The van der Waals surface area contributed by atoms with E-state index in [1.807, 2.05) is 33.0 Å². The summed E-state index contributed by atoms with van der Waals surface area (Å²) in [5.41, 5.74) is 7.98. The van der Waals surface area contributed by atoms with Gasteiger partial charge in [0.05, 0.1) is 0 Å². The minimum Gasteiger partial charge on any atom is -0.322 e. The molecule has 1 aromatic carbocycles. The van der Waals surface area contributed by atoms with Gasteiger partial charge in [-0.2, -0.15) is 0 Å². The van der Waals surface area contributed by atoms with E-state index in [-0.39, 0.29) is 5.54 Å². The van der Waals surface area contributed by atoms with Crippen LogP contribution in [0.5, 0.6) is 0 Å². The Labute approximate surface area is 90.1 Å². The van der Waals surface area contributed by atoms with Crippen molar-refractivity contribution in [1.82, 2.24) is 4.98 Å². The third-order valence-electron chi connectivity index (χ3n) is 2.71. The van der Waals surface area contributed by atoms with Gasteiger partial charge < -0.3 is 5.73 Å². The summed E-state index contributed by atoms with van der Waals surface area (Å²) >= 11 is 0. The maximum Gasteiger partial charge on any atom is 0.0451 e. The molecule has 0 spiro atoms. The number of aryl methyl sites for hydroxylation is 1. The Bertz CT molecular complexity index is 495. The summed E-state index contributed by atoms with van der Waals surface area (Å²) < 4.78 is 0. The van der Waals surface area contributed by atoms with Crippen molar-refractivity contribution in [2.45, 2.75) is 26.3 Å². The summed E-state index contributed by atoms with van der Waals surface area (Å²) in [7, 11) is 0. The van der Waals surface area contributed by atoms with Crippen LogP contribution in [0.4, 0.5) is 0 Å². The minimum absolute atomic E-state index is 0.295. The van der Waals surface area contributed by atoms with E-state index in [2.05, 4.69) is 23.2 Å². The Morgan fingerprint density at radius 1 is 1.20 bits per heavy atom. The molecule has 0 amide bonds. The molecule has 2 heteroatoms. The largest absolute Gasteiger partial charge is 0.322 e. The number of hydrogen-bond acceptors (Lipinski definition) is 2. The van der Waals surface area contributed by atoms with Crippen LogP contribution < -0.4 is 5.73 Å². The molecular weight excluding hydrogens is 184 g/mol. The monoisotopic (exact) mass is 200 g/mol. The van der Waals surface area contributed by atoms with Crippen molar-refractivity contribution in [3.05, 3.63) is 41.7 Å². The number of nitrogens with two attached hydrogens (primary N) is 1. The lowest BCUT2D eigenvalue weighted by molar-refractivity contribution is 0.555. The van der Waals surface area contributed by atoms with Gasteiger partial charge in [-0.3, -0.25) is 4.98 Å². The molecule has 2 aromatic rings. The SMILES string of the molecule is Cc1nccc2ccc(C(C)(C)N)cc12. The van der Waals surface area contributed by atoms with E-state index in [4.69, 9.17) is 5.73 Å². The van der Waals surface area contributed by atoms with Crippen LogP contribution >= 0.6 is 0 Å². The van der Waals surface area contributed by atoms with Crippen molar-refractivity contribution >= 4 is 10.8 Å². The molecule has 2 nitrogen and oxygen atoms in total. The van der Waals surface area contributed by atoms with Crippen LogP contribution in [0.2, 0.25) is 0 Å². The Kier molecular flexibility index (Phi) is 2.24. The topological polar surface area (TPSA) is 38.9 Å². The number of rotatable bonds is 1. The fourth-order valence-corrected chi connectivity index (χ4v) is 1.71. The third kappa shape index (κ3) is 1.85. The number of hydrogen-bond donors (Lipinski definition) is 1. The zero-order valence-electron chi connectivity index (χ0n) is 9.41. The summed E-state index contributed by atoms with van der Waals surface area (Å²) in [5.74, 6) is 0. The van der Waals surface area contributed by atoms with Crippen LogP contribution in [0.15, 0.2) is 30.5 Å². The molecule has 2 rings (SSSR count). The van der Waals surface area contributed by atoms with Crippen molar-refractivity contribution in [3.63, 3.8) is 0 Å². The van der Waals surface area contributed by atoms with Crippen LogP contribution in [0.25, 0.3) is 10.8 Å². The van der Waals surface area contributed by atoms with Crippen molar-refractivity contribution in [2.75, 3.05) is 0 Å². The van der Waals surface area contributed by atoms with E-state index < -0.39 is 0 Å². The first-order chi connectivity index (χ1) is 6.98. The van der Waals surface area contributed by atoms with Crippen LogP contribution in [-0.2, 0) is 5.54 Å². The molecule has 1 aromatic heterocycles. The first-order valence-electron chi connectivity index (χ1n) is 5.13. The first kappa shape index (κ1) is 10.1. The lowest BCUT2D eigenvalue weighted by Crippen LogP contribution is -2.28. The highest BCUT2D eigenvalue weighted by Crippen LogP contribution is 2.23. The molecule has 1 heterocycles. The molecule has 0 fully saturated rings. The number of fused-ring (bicyclic) bond motifs is 1. The molecule has 0 saturated heterocycles. The van der Waals surface area contributed by atoms with Gasteiger partial charge >= 0.3 is 0 Å². The lowest BCUT2D eigenvalue weighted by Gasteiger charge is -2.19. The zero-order valence-corrected chi connectivity index (χ0v) is 9.41. The second-order valence-corrected chi connectivity index (χ2v) is 4.55. The Morgan fingerprint density at radius 3 is 2.60 bits per heavy atom. The Hall–Kier alpha value is -1.41. The second-order valence-electron chi connectivity index (χ2n) is 4.55. The lowest BCUT2D eigenvalue weighted by atomic mass is 9.93. The molecule has 0 aliphatic rings. The molecule has 0 aliphatic carbocycles. The maximum absolute atomic E-state index is 6.08. The number of pyridine rings is 1. The van der Waals surface area contributed by atoms with Gasteiger partial charge in [0.25, 0.3) is 0 Å². The van der Waals surface area contributed by atoms with Crippen molar-refractivity contribution in [3.8, 4) is 0 Å². The molecule has 0 bridgehead atoms. The van der Waals surface area contributed by atoms with Crippen LogP contribution in [0, 0.1) is 6.92 Å². The van der Waals surface area contributed by atoms with Gasteiger partial charge in [0.2, 0.25) is 0 Å². The second kappa shape index (κ2) is 3.31. The number of aromatic nitrogens is 1. The van der Waals surface area contributed by atoms with Gasteiger partial charge in [-0.05, 0) is 43.9 Å². The summed E-state index contributed by atoms with van der Waals surface area (Å²) in [5, 5.41) is 2.41. The van der Waals surface area contributed by atoms with Gasteiger partial charge in [-0.1, -0.05) is 12.1 Å². The standard InChI is InChI=1S/C13H16N2/c1-9-12-8-11(13(2,3)14)5-4-10(12)6-7-15-9/h4-8H,14H2,1-3H3. The highest BCUT2D eigenvalue weighted by atomic mass is 14.7. The molecule has 2 N–H and O–H groups in total. The van der Waals surface area contributed by atoms with E-state index >= 15 is 0 Å². The molecular formula is C13H16N2. The average molecular weight is 200 g/mol. The van der Waals surface area contributed by atoms with Crippen LogP contribution in [0.3, 0.4) is 0 Å². The van der Waals surface area contributed by atoms with Gasteiger partial charge in [0.1, 0.15) is 0 Å². The van der Waals surface area contributed by atoms with Crippen molar-refractivity contribution in [2.24, 2.45) is 5.73 Å². The van der Waals surface area contributed by atoms with Gasteiger partial charge in [0.15, 0.2) is 0 Å². The average Bonchev–Trinajstić information content (AvgIpc) is 2.16. The Balaban J connectivity index is 2.70.